The molecule has 0 radical (unpaired) electrons. The third-order valence-corrected chi connectivity index (χ3v) is 4.31. The number of carbonyl (C=O) groups excluding carboxylic acids is 2. The summed E-state index contributed by atoms with van der Waals surface area (Å²) in [5.74, 6) is -1.98. The van der Waals surface area contributed by atoms with Gasteiger partial charge in [-0.1, -0.05) is 67.1 Å². The number of carbonyl (C=O) groups is 2. The molecular formula is C21H26N2O3. The van der Waals surface area contributed by atoms with Crippen molar-refractivity contribution < 1.29 is 14.8 Å². The Balaban J connectivity index is 1.72. The van der Waals surface area contributed by atoms with Crippen LogP contribution in [0.3, 0.4) is 0 Å². The Hall–Kier alpha value is -2.66. The summed E-state index contributed by atoms with van der Waals surface area (Å²) in [5.41, 5.74) is 3.79. The summed E-state index contributed by atoms with van der Waals surface area (Å²) < 4.78 is 0. The van der Waals surface area contributed by atoms with Crippen molar-refractivity contribution in [3.8, 4) is 0 Å². The van der Waals surface area contributed by atoms with Crippen molar-refractivity contribution in [3.63, 3.8) is 0 Å². The molecule has 0 spiro atoms. The molecule has 2 rings (SSSR count). The topological polar surface area (TPSA) is 78.4 Å². The van der Waals surface area contributed by atoms with E-state index in [-0.39, 0.29) is 12.3 Å². The van der Waals surface area contributed by atoms with E-state index in [1.807, 2.05) is 48.5 Å². The molecule has 1 atom stereocenters. The van der Waals surface area contributed by atoms with Crippen LogP contribution in [0.5, 0.6) is 0 Å². The first-order chi connectivity index (χ1) is 12.7. The summed E-state index contributed by atoms with van der Waals surface area (Å²) in [6, 6.07) is 19.6. The highest BCUT2D eigenvalue weighted by Gasteiger charge is 2.26. The molecule has 0 aliphatic rings. The molecule has 0 bridgehead atoms. The Kier molecular flexibility index (Phi) is 8.36. The van der Waals surface area contributed by atoms with Crippen LogP contribution in [0.25, 0.3) is 0 Å². The van der Waals surface area contributed by atoms with Crippen molar-refractivity contribution in [1.82, 2.24) is 10.8 Å². The lowest BCUT2D eigenvalue weighted by atomic mass is 9.97. The molecule has 5 heteroatoms. The van der Waals surface area contributed by atoms with Crippen molar-refractivity contribution >= 4 is 11.8 Å². The molecule has 0 aliphatic carbocycles. The second-order valence-electron chi connectivity index (χ2n) is 6.31. The molecule has 2 amide bonds. The molecule has 2 aromatic rings. The maximum atomic E-state index is 12.3. The fourth-order valence-electron chi connectivity index (χ4n) is 2.84. The number of hydroxylamine groups is 1. The van der Waals surface area contributed by atoms with Gasteiger partial charge < -0.3 is 5.32 Å². The minimum Gasteiger partial charge on any atom is -0.355 e. The molecule has 0 aliphatic heterocycles. The smallest absolute Gasteiger partial charge is 0.256 e. The molecule has 3 N–H and O–H groups in total. The number of unbranched alkanes of at least 4 members (excludes halogenated alkanes) is 2. The maximum absolute atomic E-state index is 12.3. The van der Waals surface area contributed by atoms with E-state index in [0.717, 1.165) is 31.2 Å². The first-order valence-electron chi connectivity index (χ1n) is 9.00. The van der Waals surface area contributed by atoms with Gasteiger partial charge in [0.05, 0.1) is 0 Å². The zero-order valence-electron chi connectivity index (χ0n) is 14.9. The SMILES string of the molecule is O=C(NO)C(Cc1ccccc1)C(=O)NCCCCCc1ccccc1. The Morgan fingerprint density at radius 1 is 0.808 bits per heavy atom. The summed E-state index contributed by atoms with van der Waals surface area (Å²) >= 11 is 0. The van der Waals surface area contributed by atoms with Crippen molar-refractivity contribution in [3.05, 3.63) is 71.8 Å². The lowest BCUT2D eigenvalue weighted by molar-refractivity contribution is -0.140. The van der Waals surface area contributed by atoms with Crippen molar-refractivity contribution in [1.29, 1.82) is 0 Å². The van der Waals surface area contributed by atoms with Gasteiger partial charge in [0, 0.05) is 6.54 Å². The van der Waals surface area contributed by atoms with Gasteiger partial charge in [0.15, 0.2) is 0 Å². The molecule has 2 aromatic carbocycles. The average molecular weight is 354 g/mol. The fraction of sp³-hybridized carbons (Fsp3) is 0.333. The molecule has 0 saturated carbocycles. The minimum atomic E-state index is -0.938. The molecule has 138 valence electrons. The van der Waals surface area contributed by atoms with Gasteiger partial charge in [-0.2, -0.15) is 0 Å². The number of aryl methyl sites for hydroxylation is 1. The van der Waals surface area contributed by atoms with Crippen LogP contribution in [-0.4, -0.2) is 23.6 Å². The van der Waals surface area contributed by atoms with Gasteiger partial charge in [-0.3, -0.25) is 14.8 Å². The van der Waals surface area contributed by atoms with Crippen molar-refractivity contribution in [2.24, 2.45) is 5.92 Å². The van der Waals surface area contributed by atoms with E-state index >= 15 is 0 Å². The quantitative estimate of drug-likeness (QED) is 0.266. The Labute approximate surface area is 154 Å². The summed E-state index contributed by atoms with van der Waals surface area (Å²) in [7, 11) is 0. The molecule has 0 fully saturated rings. The molecule has 0 saturated heterocycles. The van der Waals surface area contributed by atoms with E-state index in [0.29, 0.717) is 6.54 Å². The normalized spacial score (nSPS) is 11.6. The minimum absolute atomic E-state index is 0.257. The summed E-state index contributed by atoms with van der Waals surface area (Å²) in [6.45, 7) is 0.525. The van der Waals surface area contributed by atoms with Gasteiger partial charge in [-0.25, -0.2) is 5.48 Å². The molecule has 0 aromatic heterocycles. The number of rotatable bonds is 10. The second-order valence-corrected chi connectivity index (χ2v) is 6.31. The third-order valence-electron chi connectivity index (χ3n) is 4.31. The highest BCUT2D eigenvalue weighted by molar-refractivity contribution is 6.00. The van der Waals surface area contributed by atoms with E-state index < -0.39 is 11.8 Å². The second kappa shape index (κ2) is 11.1. The van der Waals surface area contributed by atoms with Gasteiger partial charge in [0.2, 0.25) is 5.91 Å². The lowest BCUT2D eigenvalue weighted by Crippen LogP contribution is -2.41. The van der Waals surface area contributed by atoms with Crippen molar-refractivity contribution in [2.75, 3.05) is 6.54 Å². The van der Waals surface area contributed by atoms with Crippen LogP contribution in [0.1, 0.15) is 30.4 Å². The maximum Gasteiger partial charge on any atom is 0.256 e. The molecule has 5 nitrogen and oxygen atoms in total. The van der Waals surface area contributed by atoms with Crippen LogP contribution >= 0.6 is 0 Å². The molecule has 26 heavy (non-hydrogen) atoms. The van der Waals surface area contributed by atoms with E-state index in [2.05, 4.69) is 17.4 Å². The number of hydrogen-bond acceptors (Lipinski definition) is 3. The van der Waals surface area contributed by atoms with E-state index in [9.17, 15) is 9.59 Å². The van der Waals surface area contributed by atoms with Crippen LogP contribution in [-0.2, 0) is 22.4 Å². The van der Waals surface area contributed by atoms with Crippen LogP contribution in [0.2, 0.25) is 0 Å². The van der Waals surface area contributed by atoms with E-state index in [4.69, 9.17) is 5.21 Å². The van der Waals surface area contributed by atoms with Crippen LogP contribution in [0.4, 0.5) is 0 Å². The molecule has 0 heterocycles. The molecule has 1 unspecified atom stereocenters. The van der Waals surface area contributed by atoms with Gasteiger partial charge in [-0.05, 0) is 36.8 Å². The number of nitrogens with one attached hydrogen (secondary N) is 2. The van der Waals surface area contributed by atoms with E-state index in [1.165, 1.54) is 5.56 Å². The standard InChI is InChI=1S/C21H26N2O3/c24-20(19(21(25)23-26)16-18-13-6-2-7-14-18)22-15-9-3-8-12-17-10-4-1-5-11-17/h1-2,4-7,10-11,13-14,19,26H,3,8-9,12,15-16H2,(H,22,24)(H,23,25). The average Bonchev–Trinajstić information content (AvgIpc) is 2.69. The number of amides is 2. The van der Waals surface area contributed by atoms with Gasteiger partial charge in [-0.15, -0.1) is 0 Å². The highest BCUT2D eigenvalue weighted by Crippen LogP contribution is 2.10. The Morgan fingerprint density at radius 2 is 1.42 bits per heavy atom. The predicted octanol–water partition coefficient (Wildman–Crippen LogP) is 2.88. The fourth-order valence-corrected chi connectivity index (χ4v) is 2.84. The number of hydrogen-bond donors (Lipinski definition) is 3. The van der Waals surface area contributed by atoms with E-state index in [1.54, 1.807) is 5.48 Å². The first-order valence-corrected chi connectivity index (χ1v) is 9.00. The summed E-state index contributed by atoms with van der Waals surface area (Å²) in [4.78, 5) is 24.1. The Morgan fingerprint density at radius 3 is 2.04 bits per heavy atom. The van der Waals surface area contributed by atoms with Gasteiger partial charge >= 0.3 is 0 Å². The largest absolute Gasteiger partial charge is 0.355 e. The van der Waals surface area contributed by atoms with Crippen LogP contribution < -0.4 is 10.8 Å². The number of benzene rings is 2. The predicted molar refractivity (Wildman–Crippen MR) is 101 cm³/mol. The zero-order chi connectivity index (χ0) is 18.6. The monoisotopic (exact) mass is 354 g/mol. The van der Waals surface area contributed by atoms with Gasteiger partial charge in [0.25, 0.3) is 5.91 Å². The lowest BCUT2D eigenvalue weighted by Gasteiger charge is -2.15. The Bertz CT molecular complexity index is 674. The zero-order valence-corrected chi connectivity index (χ0v) is 14.9. The highest BCUT2D eigenvalue weighted by atomic mass is 16.5. The molecular weight excluding hydrogens is 328 g/mol. The van der Waals surface area contributed by atoms with Crippen LogP contribution in [0, 0.1) is 5.92 Å². The van der Waals surface area contributed by atoms with Gasteiger partial charge in [0.1, 0.15) is 5.92 Å². The summed E-state index contributed by atoms with van der Waals surface area (Å²) in [5, 5.41) is 11.7. The van der Waals surface area contributed by atoms with Crippen molar-refractivity contribution in [2.45, 2.75) is 32.1 Å². The van der Waals surface area contributed by atoms with Crippen LogP contribution in [0.15, 0.2) is 60.7 Å². The first kappa shape index (κ1) is 19.7. The third kappa shape index (κ3) is 6.69. The summed E-state index contributed by atoms with van der Waals surface area (Å²) in [6.07, 6.45) is 4.21.